The Morgan fingerprint density at radius 3 is 2.76 bits per heavy atom. The number of benzene rings is 1. The van der Waals surface area contributed by atoms with Crippen molar-refractivity contribution in [3.05, 3.63) is 35.1 Å². The fourth-order valence-corrected chi connectivity index (χ4v) is 3.58. The van der Waals surface area contributed by atoms with Gasteiger partial charge >= 0.3 is 0 Å². The molecule has 2 saturated heterocycles. The number of Topliss-reactive ketones (excluding diaryl/α,β-unsaturated/α-hetero) is 1. The van der Waals surface area contributed by atoms with Crippen LogP contribution in [0, 0.1) is 12.7 Å². The van der Waals surface area contributed by atoms with Crippen molar-refractivity contribution in [2.75, 3.05) is 19.6 Å². The van der Waals surface area contributed by atoms with Gasteiger partial charge in [0.05, 0.1) is 6.04 Å². The Kier molecular flexibility index (Phi) is 4.36. The Balaban J connectivity index is 1.77. The summed E-state index contributed by atoms with van der Waals surface area (Å²) in [7, 11) is 0. The third-order valence-electron chi connectivity index (χ3n) is 4.83. The molecule has 0 aliphatic carbocycles. The lowest BCUT2D eigenvalue weighted by molar-refractivity contribution is 0.0783. The molecule has 0 aromatic heterocycles. The normalized spacial score (nSPS) is 24.4. The van der Waals surface area contributed by atoms with E-state index in [1.807, 2.05) is 0 Å². The smallest absolute Gasteiger partial charge is 0.180 e. The summed E-state index contributed by atoms with van der Waals surface area (Å²) >= 11 is 0. The second kappa shape index (κ2) is 6.24. The molecule has 0 amide bonds. The molecule has 0 bridgehead atoms. The molecule has 2 aliphatic rings. The lowest BCUT2D eigenvalue weighted by atomic mass is 9.98. The van der Waals surface area contributed by atoms with E-state index in [0.717, 1.165) is 45.3 Å². The van der Waals surface area contributed by atoms with Crippen molar-refractivity contribution in [1.82, 2.24) is 10.2 Å². The van der Waals surface area contributed by atoms with Crippen molar-refractivity contribution < 1.29 is 9.18 Å². The molecule has 0 spiro atoms. The number of carbonyl (C=O) groups excluding carboxylic acids is 1. The Morgan fingerprint density at radius 1 is 1.29 bits per heavy atom. The standard InChI is InChI=1S/C17H23FN2O/c1-12-4-5-13(11-15(12)18)17(21)16-3-2-10-20(16)14-6-8-19-9-7-14/h4-5,11,14,16,19H,2-3,6-10H2,1H3. The van der Waals surface area contributed by atoms with Gasteiger partial charge in [-0.25, -0.2) is 4.39 Å². The Labute approximate surface area is 125 Å². The number of piperidine rings is 1. The molecule has 0 radical (unpaired) electrons. The fourth-order valence-electron chi connectivity index (χ4n) is 3.58. The van der Waals surface area contributed by atoms with Crippen molar-refractivity contribution in [2.24, 2.45) is 0 Å². The summed E-state index contributed by atoms with van der Waals surface area (Å²) in [5.74, 6) is -0.197. The van der Waals surface area contributed by atoms with Gasteiger partial charge < -0.3 is 5.32 Å². The van der Waals surface area contributed by atoms with Crippen molar-refractivity contribution in [2.45, 2.75) is 44.7 Å². The highest BCUT2D eigenvalue weighted by atomic mass is 19.1. The van der Waals surface area contributed by atoms with Crippen molar-refractivity contribution >= 4 is 5.78 Å². The third-order valence-corrected chi connectivity index (χ3v) is 4.83. The van der Waals surface area contributed by atoms with Crippen molar-refractivity contribution in [1.29, 1.82) is 0 Å². The summed E-state index contributed by atoms with van der Waals surface area (Å²) in [5.41, 5.74) is 1.11. The Hall–Kier alpha value is -1.26. The first-order chi connectivity index (χ1) is 10.2. The SMILES string of the molecule is Cc1ccc(C(=O)C2CCCN2C2CCNCC2)cc1F. The molecule has 1 N–H and O–H groups in total. The van der Waals surface area contributed by atoms with Gasteiger partial charge in [0.25, 0.3) is 0 Å². The predicted octanol–water partition coefficient (Wildman–Crippen LogP) is 2.53. The predicted molar refractivity (Wildman–Crippen MR) is 81.1 cm³/mol. The van der Waals surface area contributed by atoms with E-state index in [2.05, 4.69) is 10.2 Å². The summed E-state index contributed by atoms with van der Waals surface area (Å²) in [4.78, 5) is 15.1. The number of ketones is 1. The van der Waals surface area contributed by atoms with E-state index in [9.17, 15) is 9.18 Å². The fraction of sp³-hybridized carbons (Fsp3) is 0.588. The molecule has 1 aromatic rings. The highest BCUT2D eigenvalue weighted by molar-refractivity contribution is 6.00. The zero-order valence-electron chi connectivity index (χ0n) is 12.6. The summed E-state index contributed by atoms with van der Waals surface area (Å²) in [5, 5.41) is 3.37. The summed E-state index contributed by atoms with van der Waals surface area (Å²) in [6.07, 6.45) is 4.17. The highest BCUT2D eigenvalue weighted by Crippen LogP contribution is 2.27. The average Bonchev–Trinajstić information content (AvgIpc) is 2.99. The first kappa shape index (κ1) is 14.7. The second-order valence-electron chi connectivity index (χ2n) is 6.21. The lowest BCUT2D eigenvalue weighted by Gasteiger charge is -2.35. The van der Waals surface area contributed by atoms with E-state index in [-0.39, 0.29) is 17.6 Å². The van der Waals surface area contributed by atoms with Crippen LogP contribution in [0.25, 0.3) is 0 Å². The third kappa shape index (κ3) is 3.01. The summed E-state index contributed by atoms with van der Waals surface area (Å²) in [6, 6.07) is 5.30. The molecular formula is C17H23FN2O. The molecule has 1 atom stereocenters. The minimum Gasteiger partial charge on any atom is -0.317 e. The van der Waals surface area contributed by atoms with Gasteiger partial charge in [-0.15, -0.1) is 0 Å². The van der Waals surface area contributed by atoms with E-state index >= 15 is 0 Å². The molecule has 1 unspecified atom stereocenters. The molecule has 2 fully saturated rings. The van der Waals surface area contributed by atoms with Gasteiger partial charge in [-0.3, -0.25) is 9.69 Å². The van der Waals surface area contributed by atoms with Gasteiger partial charge in [0.1, 0.15) is 5.82 Å². The minimum absolute atomic E-state index is 0.0600. The monoisotopic (exact) mass is 290 g/mol. The maximum atomic E-state index is 13.7. The molecule has 0 saturated carbocycles. The highest BCUT2D eigenvalue weighted by Gasteiger charge is 2.36. The first-order valence-electron chi connectivity index (χ1n) is 7.93. The van der Waals surface area contributed by atoms with Crippen molar-refractivity contribution in [3.63, 3.8) is 0 Å². The number of halogens is 1. The molecule has 114 valence electrons. The van der Waals surface area contributed by atoms with Crippen LogP contribution >= 0.6 is 0 Å². The number of nitrogens with zero attached hydrogens (tertiary/aromatic N) is 1. The van der Waals surface area contributed by atoms with Crippen LogP contribution in [0.1, 0.15) is 41.6 Å². The molecule has 4 heteroatoms. The molecule has 1 aromatic carbocycles. The van der Waals surface area contributed by atoms with Crippen LogP contribution in [-0.4, -0.2) is 42.4 Å². The van der Waals surface area contributed by atoms with Crippen LogP contribution in [0.15, 0.2) is 18.2 Å². The zero-order chi connectivity index (χ0) is 14.8. The summed E-state index contributed by atoms with van der Waals surface area (Å²) < 4.78 is 13.7. The van der Waals surface area contributed by atoms with E-state index < -0.39 is 0 Å². The first-order valence-corrected chi connectivity index (χ1v) is 7.93. The quantitative estimate of drug-likeness (QED) is 0.868. The van der Waals surface area contributed by atoms with E-state index in [1.54, 1.807) is 19.1 Å². The molecule has 3 nitrogen and oxygen atoms in total. The number of hydrogen-bond acceptors (Lipinski definition) is 3. The van der Waals surface area contributed by atoms with Crippen molar-refractivity contribution in [3.8, 4) is 0 Å². The van der Waals surface area contributed by atoms with E-state index in [4.69, 9.17) is 0 Å². The van der Waals surface area contributed by atoms with Crippen LogP contribution in [0.3, 0.4) is 0 Å². The number of carbonyl (C=O) groups is 1. The van der Waals surface area contributed by atoms with Crippen LogP contribution in [0.5, 0.6) is 0 Å². The number of rotatable bonds is 3. The Bertz CT molecular complexity index is 526. The van der Waals surface area contributed by atoms with E-state index in [1.165, 1.54) is 6.07 Å². The van der Waals surface area contributed by atoms with Crippen LogP contribution in [0.4, 0.5) is 4.39 Å². The second-order valence-corrected chi connectivity index (χ2v) is 6.21. The maximum absolute atomic E-state index is 13.7. The maximum Gasteiger partial charge on any atom is 0.180 e. The molecule has 21 heavy (non-hydrogen) atoms. The van der Waals surface area contributed by atoms with Crippen LogP contribution < -0.4 is 5.32 Å². The molecule has 2 aliphatic heterocycles. The summed E-state index contributed by atoms with van der Waals surface area (Å²) in [6.45, 7) is 4.78. The van der Waals surface area contributed by atoms with Gasteiger partial charge in [0, 0.05) is 11.6 Å². The number of hydrogen-bond donors (Lipinski definition) is 1. The van der Waals surface area contributed by atoms with Gasteiger partial charge in [0.2, 0.25) is 0 Å². The van der Waals surface area contributed by atoms with Crippen LogP contribution in [-0.2, 0) is 0 Å². The average molecular weight is 290 g/mol. The van der Waals surface area contributed by atoms with Gasteiger partial charge in [0.15, 0.2) is 5.78 Å². The number of aryl methyl sites for hydroxylation is 1. The molecule has 2 heterocycles. The largest absolute Gasteiger partial charge is 0.317 e. The Morgan fingerprint density at radius 2 is 2.05 bits per heavy atom. The molecule has 3 rings (SSSR count). The van der Waals surface area contributed by atoms with Gasteiger partial charge in [-0.1, -0.05) is 12.1 Å². The van der Waals surface area contributed by atoms with Gasteiger partial charge in [-0.05, 0) is 63.9 Å². The minimum atomic E-state index is -0.285. The number of nitrogens with one attached hydrogen (secondary N) is 1. The van der Waals surface area contributed by atoms with Crippen LogP contribution in [0.2, 0.25) is 0 Å². The topological polar surface area (TPSA) is 32.3 Å². The van der Waals surface area contributed by atoms with Gasteiger partial charge in [-0.2, -0.15) is 0 Å². The number of likely N-dealkylation sites (tertiary alicyclic amines) is 1. The molecular weight excluding hydrogens is 267 g/mol. The lowest BCUT2D eigenvalue weighted by Crippen LogP contribution is -2.47. The van der Waals surface area contributed by atoms with E-state index in [0.29, 0.717) is 17.2 Å². The zero-order valence-corrected chi connectivity index (χ0v) is 12.6.